The molecule has 2 aromatic carbocycles. The Morgan fingerprint density at radius 3 is 2.31 bits per heavy atom. The third kappa shape index (κ3) is 4.45. The lowest BCUT2D eigenvalue weighted by molar-refractivity contribution is -0.115. The number of hydrogen-bond donors (Lipinski definition) is 1. The number of carbonyl (C=O) groups is 1. The van der Waals surface area contributed by atoms with E-state index in [0.717, 1.165) is 11.1 Å². The molecule has 0 radical (unpaired) electrons. The Hall–Kier alpha value is -3.21. The maximum atomic E-state index is 12.4. The first-order valence-electron chi connectivity index (χ1n) is 8.45. The van der Waals surface area contributed by atoms with E-state index in [1.54, 1.807) is 0 Å². The number of ether oxygens (including phenoxy) is 1. The van der Waals surface area contributed by atoms with Gasteiger partial charge in [0.15, 0.2) is 0 Å². The van der Waals surface area contributed by atoms with Crippen LogP contribution in [0, 0.1) is 20.8 Å². The largest absolute Gasteiger partial charge is 0.424 e. The fourth-order valence-corrected chi connectivity index (χ4v) is 2.70. The molecule has 26 heavy (non-hydrogen) atoms. The number of hydrogen-bond acceptors (Lipinski definition) is 4. The van der Waals surface area contributed by atoms with E-state index in [1.807, 2.05) is 75.4 Å². The second kappa shape index (κ2) is 7.78. The summed E-state index contributed by atoms with van der Waals surface area (Å²) in [5, 5.41) is 2.92. The molecule has 132 valence electrons. The maximum Gasteiger partial charge on any atom is 0.322 e. The molecule has 0 atom stereocenters. The summed E-state index contributed by atoms with van der Waals surface area (Å²) in [5.41, 5.74) is 4.07. The molecular weight excluding hydrogens is 326 g/mol. The van der Waals surface area contributed by atoms with Gasteiger partial charge in [-0.05, 0) is 38.5 Å². The summed E-state index contributed by atoms with van der Waals surface area (Å²) in [5.74, 6) is 0.574. The van der Waals surface area contributed by atoms with Crippen molar-refractivity contribution < 1.29 is 9.53 Å². The number of nitrogens with zero attached hydrogens (tertiary/aromatic N) is 2. The highest BCUT2D eigenvalue weighted by molar-refractivity contribution is 5.93. The van der Waals surface area contributed by atoms with Gasteiger partial charge in [-0.25, -0.2) is 0 Å². The average Bonchev–Trinajstić information content (AvgIpc) is 2.59. The highest BCUT2D eigenvalue weighted by Gasteiger charge is 2.13. The van der Waals surface area contributed by atoms with E-state index < -0.39 is 0 Å². The summed E-state index contributed by atoms with van der Waals surface area (Å²) in [6, 6.07) is 17.5. The predicted molar refractivity (Wildman–Crippen MR) is 102 cm³/mol. The number of aromatic nitrogens is 2. The normalized spacial score (nSPS) is 10.4. The number of amides is 1. The molecule has 1 N–H and O–H groups in total. The highest BCUT2D eigenvalue weighted by Crippen LogP contribution is 2.23. The number of rotatable bonds is 5. The topological polar surface area (TPSA) is 64.1 Å². The Morgan fingerprint density at radius 1 is 0.962 bits per heavy atom. The lowest BCUT2D eigenvalue weighted by atomic mass is 10.1. The van der Waals surface area contributed by atoms with E-state index in [1.165, 1.54) is 0 Å². The van der Waals surface area contributed by atoms with Crippen molar-refractivity contribution in [3.8, 4) is 11.8 Å². The number of aryl methyl sites for hydroxylation is 3. The molecule has 0 fully saturated rings. The van der Waals surface area contributed by atoms with Crippen molar-refractivity contribution in [2.24, 2.45) is 0 Å². The summed E-state index contributed by atoms with van der Waals surface area (Å²) in [4.78, 5) is 21.1. The zero-order valence-corrected chi connectivity index (χ0v) is 15.1. The molecule has 0 saturated heterocycles. The SMILES string of the molecule is Cc1cccc(CC(=O)Nc2c(C)nc(Oc3ccccc3)nc2C)c1. The summed E-state index contributed by atoms with van der Waals surface area (Å²) in [6.45, 7) is 5.67. The van der Waals surface area contributed by atoms with Crippen molar-refractivity contribution >= 4 is 11.6 Å². The van der Waals surface area contributed by atoms with E-state index in [-0.39, 0.29) is 11.9 Å². The van der Waals surface area contributed by atoms with Gasteiger partial charge in [0.25, 0.3) is 0 Å². The van der Waals surface area contributed by atoms with Crippen molar-refractivity contribution in [2.45, 2.75) is 27.2 Å². The number of carbonyl (C=O) groups excluding carboxylic acids is 1. The van der Waals surface area contributed by atoms with E-state index in [0.29, 0.717) is 29.2 Å². The standard InChI is InChI=1S/C21H21N3O2/c1-14-8-7-9-17(12-14)13-19(25)24-20-15(2)22-21(23-16(20)3)26-18-10-5-4-6-11-18/h4-12H,13H2,1-3H3,(H,24,25). The molecule has 0 spiro atoms. The van der Waals surface area contributed by atoms with Gasteiger partial charge in [-0.3, -0.25) is 4.79 Å². The lowest BCUT2D eigenvalue weighted by Gasteiger charge is -2.12. The van der Waals surface area contributed by atoms with Crippen LogP contribution in [0.25, 0.3) is 0 Å². The van der Waals surface area contributed by atoms with Crippen LogP contribution in [-0.2, 0) is 11.2 Å². The maximum absolute atomic E-state index is 12.4. The number of nitrogens with one attached hydrogen (secondary N) is 1. The molecule has 0 aliphatic heterocycles. The monoisotopic (exact) mass is 347 g/mol. The molecule has 3 rings (SSSR count). The molecular formula is C21H21N3O2. The first-order valence-corrected chi connectivity index (χ1v) is 8.45. The van der Waals surface area contributed by atoms with Crippen LogP contribution in [0.1, 0.15) is 22.5 Å². The van der Waals surface area contributed by atoms with Crippen LogP contribution in [0.15, 0.2) is 54.6 Å². The van der Waals surface area contributed by atoms with Crippen LogP contribution in [0.4, 0.5) is 5.69 Å². The summed E-state index contributed by atoms with van der Waals surface area (Å²) in [7, 11) is 0. The average molecular weight is 347 g/mol. The third-order valence-electron chi connectivity index (χ3n) is 3.91. The number of para-hydroxylation sites is 1. The van der Waals surface area contributed by atoms with Crippen LogP contribution in [0.5, 0.6) is 11.8 Å². The second-order valence-corrected chi connectivity index (χ2v) is 6.18. The molecule has 3 aromatic rings. The van der Waals surface area contributed by atoms with Crippen LogP contribution >= 0.6 is 0 Å². The molecule has 1 aromatic heterocycles. The summed E-state index contributed by atoms with van der Waals surface area (Å²) in [6.07, 6.45) is 0.308. The molecule has 0 saturated carbocycles. The molecule has 1 amide bonds. The lowest BCUT2D eigenvalue weighted by Crippen LogP contribution is -2.17. The number of anilines is 1. The Morgan fingerprint density at radius 2 is 1.65 bits per heavy atom. The quantitative estimate of drug-likeness (QED) is 0.744. The van der Waals surface area contributed by atoms with Gasteiger partial charge < -0.3 is 10.1 Å². The molecule has 0 aliphatic carbocycles. The van der Waals surface area contributed by atoms with Gasteiger partial charge in [-0.1, -0.05) is 48.0 Å². The fourth-order valence-electron chi connectivity index (χ4n) is 2.70. The van der Waals surface area contributed by atoms with Crippen molar-refractivity contribution in [1.29, 1.82) is 0 Å². The Balaban J connectivity index is 1.73. The van der Waals surface area contributed by atoms with Crippen LogP contribution in [0.3, 0.4) is 0 Å². The molecule has 1 heterocycles. The van der Waals surface area contributed by atoms with Gasteiger partial charge in [0.05, 0.1) is 23.5 Å². The summed E-state index contributed by atoms with van der Waals surface area (Å²) >= 11 is 0. The molecule has 0 unspecified atom stereocenters. The first-order chi connectivity index (χ1) is 12.5. The van der Waals surface area contributed by atoms with Gasteiger partial charge in [-0.15, -0.1) is 0 Å². The smallest absolute Gasteiger partial charge is 0.322 e. The zero-order chi connectivity index (χ0) is 18.5. The van der Waals surface area contributed by atoms with Crippen molar-refractivity contribution in [1.82, 2.24) is 9.97 Å². The van der Waals surface area contributed by atoms with Crippen LogP contribution < -0.4 is 10.1 Å². The Kier molecular flexibility index (Phi) is 5.27. The van der Waals surface area contributed by atoms with Gasteiger partial charge >= 0.3 is 6.01 Å². The minimum atomic E-state index is -0.0953. The third-order valence-corrected chi connectivity index (χ3v) is 3.91. The Labute approximate surface area is 153 Å². The first kappa shape index (κ1) is 17.6. The highest BCUT2D eigenvalue weighted by atomic mass is 16.5. The van der Waals surface area contributed by atoms with Crippen molar-refractivity contribution in [3.63, 3.8) is 0 Å². The van der Waals surface area contributed by atoms with Crippen LogP contribution in [0.2, 0.25) is 0 Å². The van der Waals surface area contributed by atoms with Gasteiger partial charge in [0, 0.05) is 0 Å². The predicted octanol–water partition coefficient (Wildman–Crippen LogP) is 4.38. The van der Waals surface area contributed by atoms with Crippen molar-refractivity contribution in [3.05, 3.63) is 77.1 Å². The minimum absolute atomic E-state index is 0.0953. The fraction of sp³-hybridized carbons (Fsp3) is 0.190. The summed E-state index contributed by atoms with van der Waals surface area (Å²) < 4.78 is 5.67. The van der Waals surface area contributed by atoms with Gasteiger partial charge in [-0.2, -0.15) is 9.97 Å². The van der Waals surface area contributed by atoms with Gasteiger partial charge in [0.2, 0.25) is 5.91 Å². The van der Waals surface area contributed by atoms with Gasteiger partial charge in [0.1, 0.15) is 5.75 Å². The van der Waals surface area contributed by atoms with E-state index in [4.69, 9.17) is 4.74 Å². The van der Waals surface area contributed by atoms with E-state index in [9.17, 15) is 4.79 Å². The molecule has 5 nitrogen and oxygen atoms in total. The minimum Gasteiger partial charge on any atom is -0.424 e. The van der Waals surface area contributed by atoms with Crippen molar-refractivity contribution in [2.75, 3.05) is 5.32 Å². The molecule has 5 heteroatoms. The van der Waals surface area contributed by atoms with Crippen LogP contribution in [-0.4, -0.2) is 15.9 Å². The van der Waals surface area contributed by atoms with E-state index in [2.05, 4.69) is 15.3 Å². The second-order valence-electron chi connectivity index (χ2n) is 6.18. The molecule has 0 aliphatic rings. The zero-order valence-electron chi connectivity index (χ0n) is 15.1. The number of benzene rings is 2. The molecule has 0 bridgehead atoms. The Bertz CT molecular complexity index is 901. The van der Waals surface area contributed by atoms with E-state index >= 15 is 0 Å².